The molecular formula is C12H17NO5S. The highest BCUT2D eigenvalue weighted by molar-refractivity contribution is 7.85. The van der Waals surface area contributed by atoms with Crippen LogP contribution in [0.25, 0.3) is 0 Å². The van der Waals surface area contributed by atoms with Crippen molar-refractivity contribution in [1.29, 1.82) is 0 Å². The molecule has 2 aliphatic carbocycles. The van der Waals surface area contributed by atoms with Crippen LogP contribution in [0.5, 0.6) is 0 Å². The lowest BCUT2D eigenvalue weighted by molar-refractivity contribution is -0.166. The SMILES string of the molecule is CC1C(C)C2CC1C1C(=O)N(OS(C)(=O)=O)C(=O)C21. The molecule has 2 bridgehead atoms. The van der Waals surface area contributed by atoms with E-state index < -0.39 is 21.9 Å². The molecule has 1 saturated heterocycles. The van der Waals surface area contributed by atoms with Crippen LogP contribution >= 0.6 is 0 Å². The van der Waals surface area contributed by atoms with Crippen LogP contribution in [-0.2, 0) is 24.0 Å². The third kappa shape index (κ3) is 1.67. The van der Waals surface area contributed by atoms with E-state index in [0.717, 1.165) is 12.7 Å². The van der Waals surface area contributed by atoms with E-state index in [0.29, 0.717) is 16.9 Å². The number of fused-ring (bicyclic) bond motifs is 5. The second-order valence-corrected chi connectivity index (χ2v) is 7.64. The second-order valence-electron chi connectivity index (χ2n) is 6.08. The highest BCUT2D eigenvalue weighted by Gasteiger charge is 2.66. The molecule has 1 heterocycles. The summed E-state index contributed by atoms with van der Waals surface area (Å²) in [5, 5.41) is 0.481. The van der Waals surface area contributed by atoms with Crippen LogP contribution in [0.15, 0.2) is 0 Å². The highest BCUT2D eigenvalue weighted by Crippen LogP contribution is 2.61. The Hall–Kier alpha value is -0.950. The summed E-state index contributed by atoms with van der Waals surface area (Å²) in [7, 11) is -3.86. The summed E-state index contributed by atoms with van der Waals surface area (Å²) >= 11 is 0. The zero-order valence-corrected chi connectivity index (χ0v) is 11.9. The quantitative estimate of drug-likeness (QED) is 0.687. The molecule has 3 rings (SSSR count). The number of nitrogens with zero attached hydrogens (tertiary/aromatic N) is 1. The molecule has 6 unspecified atom stereocenters. The first-order chi connectivity index (χ1) is 8.72. The van der Waals surface area contributed by atoms with Gasteiger partial charge in [0.25, 0.3) is 21.9 Å². The number of rotatable bonds is 2. The minimum Gasteiger partial charge on any atom is -0.272 e. The first-order valence-corrected chi connectivity index (χ1v) is 8.31. The van der Waals surface area contributed by atoms with Crippen molar-refractivity contribution in [2.45, 2.75) is 20.3 Å². The summed E-state index contributed by atoms with van der Waals surface area (Å²) in [5.74, 6) is -0.596. The zero-order valence-electron chi connectivity index (χ0n) is 11.1. The molecule has 1 aliphatic heterocycles. The lowest BCUT2D eigenvalue weighted by Gasteiger charge is -2.31. The number of hydroxylamine groups is 2. The summed E-state index contributed by atoms with van der Waals surface area (Å²) in [6.45, 7) is 4.20. The molecule has 0 aromatic heterocycles. The molecule has 0 aromatic carbocycles. The smallest absolute Gasteiger partial charge is 0.272 e. The van der Waals surface area contributed by atoms with Gasteiger partial charge < -0.3 is 0 Å². The van der Waals surface area contributed by atoms with Gasteiger partial charge in [0, 0.05) is 0 Å². The fourth-order valence-electron chi connectivity index (χ4n) is 4.27. The molecule has 0 aromatic rings. The molecule has 106 valence electrons. The van der Waals surface area contributed by atoms with Gasteiger partial charge in [-0.3, -0.25) is 9.59 Å². The Bertz CT molecular complexity index is 524. The van der Waals surface area contributed by atoms with Gasteiger partial charge in [-0.25, -0.2) is 0 Å². The Balaban J connectivity index is 1.93. The summed E-state index contributed by atoms with van der Waals surface area (Å²) < 4.78 is 26.8. The van der Waals surface area contributed by atoms with Crippen LogP contribution in [0.4, 0.5) is 0 Å². The van der Waals surface area contributed by atoms with Crippen molar-refractivity contribution in [3.8, 4) is 0 Å². The van der Waals surface area contributed by atoms with Gasteiger partial charge in [0.15, 0.2) is 0 Å². The molecule has 0 N–H and O–H groups in total. The van der Waals surface area contributed by atoms with E-state index in [9.17, 15) is 18.0 Å². The predicted molar refractivity (Wildman–Crippen MR) is 64.7 cm³/mol. The first kappa shape index (κ1) is 13.1. The van der Waals surface area contributed by atoms with Crippen molar-refractivity contribution in [3.63, 3.8) is 0 Å². The molecule has 0 spiro atoms. The minimum atomic E-state index is -3.86. The van der Waals surface area contributed by atoms with Crippen LogP contribution in [0, 0.1) is 35.5 Å². The minimum absolute atomic E-state index is 0.176. The molecule has 2 saturated carbocycles. The number of hydrogen-bond acceptors (Lipinski definition) is 5. The van der Waals surface area contributed by atoms with E-state index in [2.05, 4.69) is 18.1 Å². The summed E-state index contributed by atoms with van der Waals surface area (Å²) in [5.41, 5.74) is 0. The van der Waals surface area contributed by atoms with E-state index in [-0.39, 0.29) is 23.7 Å². The summed E-state index contributed by atoms with van der Waals surface area (Å²) in [4.78, 5) is 24.5. The van der Waals surface area contributed by atoms with E-state index >= 15 is 0 Å². The third-order valence-corrected chi connectivity index (χ3v) is 5.63. The molecule has 6 atom stereocenters. The topological polar surface area (TPSA) is 80.8 Å². The zero-order chi connectivity index (χ0) is 14.1. The van der Waals surface area contributed by atoms with Crippen molar-refractivity contribution in [2.24, 2.45) is 35.5 Å². The van der Waals surface area contributed by atoms with E-state index in [1.807, 2.05) is 0 Å². The van der Waals surface area contributed by atoms with Crippen molar-refractivity contribution in [3.05, 3.63) is 0 Å². The van der Waals surface area contributed by atoms with E-state index in [1.54, 1.807) is 0 Å². The van der Waals surface area contributed by atoms with Gasteiger partial charge in [-0.15, -0.1) is 9.35 Å². The van der Waals surface area contributed by atoms with Crippen molar-refractivity contribution in [2.75, 3.05) is 6.26 Å². The molecule has 0 radical (unpaired) electrons. The van der Waals surface area contributed by atoms with Gasteiger partial charge >= 0.3 is 0 Å². The maximum Gasteiger partial charge on any atom is 0.285 e. The van der Waals surface area contributed by atoms with Crippen LogP contribution in [-0.4, -0.2) is 31.6 Å². The average molecular weight is 287 g/mol. The van der Waals surface area contributed by atoms with Gasteiger partial charge in [-0.1, -0.05) is 13.8 Å². The van der Waals surface area contributed by atoms with Gasteiger partial charge in [0.2, 0.25) is 0 Å². The maximum atomic E-state index is 12.2. The maximum absolute atomic E-state index is 12.2. The third-order valence-electron chi connectivity index (χ3n) is 5.21. The summed E-state index contributed by atoms with van der Waals surface area (Å²) in [6.07, 6.45) is 1.73. The van der Waals surface area contributed by atoms with Crippen LogP contribution in [0.3, 0.4) is 0 Å². The number of imide groups is 1. The molecule has 6 nitrogen and oxygen atoms in total. The standard InChI is InChI=1S/C12H17NO5S/c1-5-6(2)8-4-7(5)9-10(8)12(15)13(11(9)14)18-19(3,16)17/h5-10H,4H2,1-3H3. The Labute approximate surface area is 112 Å². The Kier molecular flexibility index (Phi) is 2.60. The summed E-state index contributed by atoms with van der Waals surface area (Å²) in [6, 6.07) is 0. The van der Waals surface area contributed by atoms with Gasteiger partial charge in [0.1, 0.15) is 0 Å². The number of amides is 2. The number of hydrogen-bond donors (Lipinski definition) is 0. The molecule has 2 amide bonds. The Morgan fingerprint density at radius 1 is 1.05 bits per heavy atom. The second kappa shape index (κ2) is 3.79. The molecule has 7 heteroatoms. The van der Waals surface area contributed by atoms with Crippen molar-refractivity contribution >= 4 is 21.9 Å². The predicted octanol–water partition coefficient (Wildman–Crippen LogP) is 0.401. The van der Waals surface area contributed by atoms with Crippen LogP contribution in [0.2, 0.25) is 0 Å². The monoisotopic (exact) mass is 287 g/mol. The van der Waals surface area contributed by atoms with Crippen LogP contribution < -0.4 is 0 Å². The number of carbonyl (C=O) groups excluding carboxylic acids is 2. The normalized spacial score (nSPS) is 45.1. The first-order valence-electron chi connectivity index (χ1n) is 6.49. The fraction of sp³-hybridized carbons (Fsp3) is 0.833. The average Bonchev–Trinajstić information content (AvgIpc) is 2.87. The van der Waals surface area contributed by atoms with Gasteiger partial charge in [-0.2, -0.15) is 8.42 Å². The Morgan fingerprint density at radius 2 is 1.47 bits per heavy atom. The van der Waals surface area contributed by atoms with E-state index in [1.165, 1.54) is 0 Å². The van der Waals surface area contributed by atoms with Crippen LogP contribution in [0.1, 0.15) is 20.3 Å². The lowest BCUT2D eigenvalue weighted by atomic mass is 9.70. The molecule has 19 heavy (non-hydrogen) atoms. The highest BCUT2D eigenvalue weighted by atomic mass is 32.2. The van der Waals surface area contributed by atoms with E-state index in [4.69, 9.17) is 0 Å². The van der Waals surface area contributed by atoms with Crippen molar-refractivity contribution in [1.82, 2.24) is 5.06 Å². The lowest BCUT2D eigenvalue weighted by Crippen LogP contribution is -2.35. The molecule has 3 aliphatic rings. The largest absolute Gasteiger partial charge is 0.285 e. The van der Waals surface area contributed by atoms with Gasteiger partial charge in [0.05, 0.1) is 18.1 Å². The van der Waals surface area contributed by atoms with Gasteiger partial charge in [-0.05, 0) is 30.1 Å². The molecular weight excluding hydrogens is 270 g/mol. The van der Waals surface area contributed by atoms with Crippen molar-refractivity contribution < 1.29 is 22.3 Å². The molecule has 3 fully saturated rings. The fourth-order valence-corrected chi connectivity index (χ4v) is 4.68. The number of carbonyl (C=O) groups is 2. The Morgan fingerprint density at radius 3 is 1.84 bits per heavy atom.